The minimum absolute atomic E-state index is 0.117. The van der Waals surface area contributed by atoms with Gasteiger partial charge in [-0.3, -0.25) is 15.0 Å². The van der Waals surface area contributed by atoms with E-state index in [1.165, 1.54) is 12.4 Å². The van der Waals surface area contributed by atoms with Crippen molar-refractivity contribution in [1.82, 2.24) is 20.1 Å². The Labute approximate surface area is 99.4 Å². The van der Waals surface area contributed by atoms with Gasteiger partial charge in [0, 0.05) is 19.1 Å². The van der Waals surface area contributed by atoms with Crippen molar-refractivity contribution >= 4 is 11.9 Å². The molecule has 0 bridgehead atoms. The van der Waals surface area contributed by atoms with Crippen molar-refractivity contribution in [3.8, 4) is 0 Å². The molecule has 1 fully saturated rings. The molecule has 0 atom stereocenters. The van der Waals surface area contributed by atoms with Crippen molar-refractivity contribution in [1.29, 1.82) is 0 Å². The first kappa shape index (κ1) is 11.9. The van der Waals surface area contributed by atoms with Crippen LogP contribution in [-0.2, 0) is 4.79 Å². The predicted molar refractivity (Wildman–Crippen MR) is 62.1 cm³/mol. The lowest BCUT2D eigenvalue weighted by Gasteiger charge is -2.29. The normalized spacial score (nSPS) is 17.9. The van der Waals surface area contributed by atoms with Gasteiger partial charge in [-0.15, -0.1) is 5.10 Å². The van der Waals surface area contributed by atoms with Crippen molar-refractivity contribution in [2.75, 3.05) is 25.0 Å². The quantitative estimate of drug-likeness (QED) is 0.715. The van der Waals surface area contributed by atoms with E-state index in [4.69, 9.17) is 5.73 Å². The van der Waals surface area contributed by atoms with E-state index in [9.17, 15) is 4.79 Å². The van der Waals surface area contributed by atoms with Crippen LogP contribution in [-0.4, -0.2) is 51.7 Å². The Morgan fingerprint density at radius 3 is 2.88 bits per heavy atom. The Morgan fingerprint density at radius 2 is 2.24 bits per heavy atom. The van der Waals surface area contributed by atoms with E-state index < -0.39 is 0 Å². The van der Waals surface area contributed by atoms with Gasteiger partial charge in [0.15, 0.2) is 0 Å². The second kappa shape index (κ2) is 5.65. The van der Waals surface area contributed by atoms with Gasteiger partial charge in [-0.1, -0.05) is 0 Å². The minimum Gasteiger partial charge on any atom is -0.328 e. The number of aromatic nitrogens is 3. The van der Waals surface area contributed by atoms with Crippen LogP contribution >= 0.6 is 0 Å². The zero-order chi connectivity index (χ0) is 12.1. The number of nitrogens with one attached hydrogen (secondary N) is 1. The lowest BCUT2D eigenvalue weighted by atomic mass is 10.1. The van der Waals surface area contributed by atoms with Crippen LogP contribution in [0.15, 0.2) is 12.4 Å². The summed E-state index contributed by atoms with van der Waals surface area (Å²) in [5.74, 6) is 0.125. The fourth-order valence-electron chi connectivity index (χ4n) is 1.78. The highest BCUT2D eigenvalue weighted by Crippen LogP contribution is 2.07. The molecule has 0 spiro atoms. The molecule has 1 aromatic heterocycles. The van der Waals surface area contributed by atoms with Gasteiger partial charge in [0.2, 0.25) is 11.9 Å². The van der Waals surface area contributed by atoms with Crippen molar-refractivity contribution in [2.24, 2.45) is 5.73 Å². The number of likely N-dealkylation sites (tertiary alicyclic amines) is 1. The van der Waals surface area contributed by atoms with Crippen molar-refractivity contribution in [3.05, 3.63) is 12.4 Å². The third kappa shape index (κ3) is 3.72. The molecule has 0 radical (unpaired) electrons. The summed E-state index contributed by atoms with van der Waals surface area (Å²) in [6.07, 6.45) is 4.83. The van der Waals surface area contributed by atoms with Crippen molar-refractivity contribution in [2.45, 2.75) is 18.9 Å². The van der Waals surface area contributed by atoms with Gasteiger partial charge in [-0.05, 0) is 12.8 Å². The molecule has 3 N–H and O–H groups in total. The van der Waals surface area contributed by atoms with Gasteiger partial charge in [-0.25, -0.2) is 4.98 Å². The van der Waals surface area contributed by atoms with E-state index in [1.54, 1.807) is 0 Å². The number of rotatable bonds is 3. The molecule has 0 aromatic carbocycles. The summed E-state index contributed by atoms with van der Waals surface area (Å²) < 4.78 is 0. The van der Waals surface area contributed by atoms with Crippen LogP contribution in [0, 0.1) is 0 Å². The molecule has 1 aliphatic rings. The largest absolute Gasteiger partial charge is 0.328 e. The van der Waals surface area contributed by atoms with Gasteiger partial charge < -0.3 is 5.73 Å². The van der Waals surface area contributed by atoms with Crippen LogP contribution in [0.5, 0.6) is 0 Å². The zero-order valence-corrected chi connectivity index (χ0v) is 9.54. The molecular weight excluding hydrogens is 220 g/mol. The maximum Gasteiger partial charge on any atom is 0.249 e. The van der Waals surface area contributed by atoms with Crippen molar-refractivity contribution < 1.29 is 4.79 Å². The summed E-state index contributed by atoms with van der Waals surface area (Å²) in [6.45, 7) is 2.08. The number of anilines is 1. The lowest BCUT2D eigenvalue weighted by molar-refractivity contribution is -0.117. The van der Waals surface area contributed by atoms with Crippen LogP contribution in [0.3, 0.4) is 0 Å². The Kier molecular flexibility index (Phi) is 3.94. The van der Waals surface area contributed by atoms with E-state index in [-0.39, 0.29) is 17.9 Å². The van der Waals surface area contributed by atoms with E-state index in [0.29, 0.717) is 6.54 Å². The average Bonchev–Trinajstić information content (AvgIpc) is 2.33. The number of hydrogen-bond acceptors (Lipinski definition) is 6. The first-order chi connectivity index (χ1) is 8.24. The fourth-order valence-corrected chi connectivity index (χ4v) is 1.78. The number of hydrogen-bond donors (Lipinski definition) is 2. The van der Waals surface area contributed by atoms with E-state index >= 15 is 0 Å². The monoisotopic (exact) mass is 236 g/mol. The number of piperidine rings is 1. The molecule has 17 heavy (non-hydrogen) atoms. The molecule has 0 unspecified atom stereocenters. The fraction of sp³-hybridized carbons (Fsp3) is 0.600. The van der Waals surface area contributed by atoms with E-state index in [0.717, 1.165) is 25.9 Å². The van der Waals surface area contributed by atoms with Gasteiger partial charge in [0.25, 0.3) is 0 Å². The topological polar surface area (TPSA) is 97.0 Å². The molecule has 7 heteroatoms. The minimum atomic E-state index is -0.117. The third-order valence-corrected chi connectivity index (χ3v) is 2.73. The van der Waals surface area contributed by atoms with E-state index in [1.807, 2.05) is 0 Å². The molecule has 1 aliphatic heterocycles. The van der Waals surface area contributed by atoms with Crippen LogP contribution in [0.2, 0.25) is 0 Å². The molecule has 2 heterocycles. The summed E-state index contributed by atoms with van der Waals surface area (Å²) in [4.78, 5) is 17.6. The molecule has 1 saturated heterocycles. The first-order valence-corrected chi connectivity index (χ1v) is 5.65. The number of carbonyl (C=O) groups excluding carboxylic acids is 1. The highest BCUT2D eigenvalue weighted by molar-refractivity contribution is 5.90. The second-order valence-corrected chi connectivity index (χ2v) is 4.13. The number of nitrogens with zero attached hydrogens (tertiary/aromatic N) is 4. The summed E-state index contributed by atoms with van der Waals surface area (Å²) in [5, 5.41) is 9.93. The number of amides is 1. The third-order valence-electron chi connectivity index (χ3n) is 2.73. The molecule has 7 nitrogen and oxygen atoms in total. The Balaban J connectivity index is 1.78. The van der Waals surface area contributed by atoms with Crippen LogP contribution in [0.1, 0.15) is 12.8 Å². The smallest absolute Gasteiger partial charge is 0.249 e. The van der Waals surface area contributed by atoms with Gasteiger partial charge in [0.05, 0.1) is 18.9 Å². The van der Waals surface area contributed by atoms with Crippen molar-refractivity contribution in [3.63, 3.8) is 0 Å². The standard InChI is InChI=1S/C10H16N6O/c11-8-1-5-16(6-2-8)7-9(17)14-10-12-3-4-13-15-10/h3-4,8H,1-2,5-7,11H2,(H,12,14,15,17). The van der Waals surface area contributed by atoms with Gasteiger partial charge in [-0.2, -0.15) is 5.10 Å². The molecule has 2 rings (SSSR count). The van der Waals surface area contributed by atoms with Gasteiger partial charge in [0.1, 0.15) is 0 Å². The zero-order valence-electron chi connectivity index (χ0n) is 9.54. The van der Waals surface area contributed by atoms with Crippen LogP contribution in [0.25, 0.3) is 0 Å². The lowest BCUT2D eigenvalue weighted by Crippen LogP contribution is -2.43. The molecule has 1 aromatic rings. The highest BCUT2D eigenvalue weighted by atomic mass is 16.2. The van der Waals surface area contributed by atoms with E-state index in [2.05, 4.69) is 25.4 Å². The molecule has 0 saturated carbocycles. The SMILES string of the molecule is NC1CCN(CC(=O)Nc2nccnn2)CC1. The second-order valence-electron chi connectivity index (χ2n) is 4.13. The number of carbonyl (C=O) groups is 1. The molecule has 92 valence electrons. The molecule has 0 aliphatic carbocycles. The van der Waals surface area contributed by atoms with Crippen LogP contribution < -0.4 is 11.1 Å². The maximum atomic E-state index is 11.7. The number of nitrogens with two attached hydrogens (primary N) is 1. The Hall–Kier alpha value is -1.60. The average molecular weight is 236 g/mol. The summed E-state index contributed by atoms with van der Waals surface area (Å²) in [6, 6.07) is 0.274. The first-order valence-electron chi connectivity index (χ1n) is 5.65. The molecular formula is C10H16N6O. The van der Waals surface area contributed by atoms with Crippen LogP contribution in [0.4, 0.5) is 5.95 Å². The Morgan fingerprint density at radius 1 is 1.47 bits per heavy atom. The summed E-state index contributed by atoms with van der Waals surface area (Å²) in [5.41, 5.74) is 5.80. The summed E-state index contributed by atoms with van der Waals surface area (Å²) >= 11 is 0. The maximum absolute atomic E-state index is 11.7. The highest BCUT2D eigenvalue weighted by Gasteiger charge is 2.18. The molecule has 1 amide bonds. The summed E-state index contributed by atoms with van der Waals surface area (Å²) in [7, 11) is 0. The predicted octanol–water partition coefficient (Wildman–Crippen LogP) is -0.767. The Bertz CT molecular complexity index is 362. The van der Waals surface area contributed by atoms with Gasteiger partial charge >= 0.3 is 0 Å².